The number of morpholine rings is 1. The number of nitrogens with zero attached hydrogens (tertiary/aromatic N) is 4. The fourth-order valence-electron chi connectivity index (χ4n) is 4.23. The van der Waals surface area contributed by atoms with Crippen LogP contribution in [-0.4, -0.2) is 69.6 Å². The molecule has 2 aromatic rings. The van der Waals surface area contributed by atoms with E-state index < -0.39 is 6.10 Å². The average molecular weight is 370 g/mol. The standard InChI is InChI=1S/C21H30N4O2/c1-21(2,24-10-12-27-13-11-24)16-23-8-9-25-18(15-23)14-19(22-25)20(26)17-6-4-3-5-7-17/h3-7,14,20,26H,8-13,15-16H2,1-2H3/t20-/m0/s1. The van der Waals surface area contributed by atoms with Gasteiger partial charge in [-0.3, -0.25) is 14.5 Å². The molecule has 1 fully saturated rings. The Morgan fingerprint density at radius 2 is 1.85 bits per heavy atom. The maximum atomic E-state index is 10.7. The first-order valence-corrected chi connectivity index (χ1v) is 9.88. The number of aliphatic hydroxyl groups excluding tert-OH is 1. The lowest BCUT2D eigenvalue weighted by Gasteiger charge is -2.44. The van der Waals surface area contributed by atoms with Crippen molar-refractivity contribution in [1.82, 2.24) is 19.6 Å². The Kier molecular flexibility index (Phi) is 5.32. The Balaban J connectivity index is 1.43. The normalized spacial score (nSPS) is 20.4. The van der Waals surface area contributed by atoms with E-state index in [4.69, 9.17) is 4.74 Å². The van der Waals surface area contributed by atoms with Crippen molar-refractivity contribution >= 4 is 0 Å². The van der Waals surface area contributed by atoms with Gasteiger partial charge >= 0.3 is 0 Å². The van der Waals surface area contributed by atoms with E-state index in [9.17, 15) is 5.11 Å². The Bertz CT molecular complexity index is 753. The smallest absolute Gasteiger partial charge is 0.123 e. The predicted octanol–water partition coefficient (Wildman–Crippen LogP) is 1.89. The van der Waals surface area contributed by atoms with E-state index >= 15 is 0 Å². The monoisotopic (exact) mass is 370 g/mol. The number of hydrogen-bond acceptors (Lipinski definition) is 5. The maximum absolute atomic E-state index is 10.7. The van der Waals surface area contributed by atoms with Crippen LogP contribution < -0.4 is 0 Å². The van der Waals surface area contributed by atoms with E-state index in [1.165, 1.54) is 5.69 Å². The van der Waals surface area contributed by atoms with E-state index in [0.29, 0.717) is 0 Å². The Hall–Kier alpha value is -1.73. The second-order valence-corrected chi connectivity index (χ2v) is 8.22. The van der Waals surface area contributed by atoms with Crippen molar-refractivity contribution in [1.29, 1.82) is 0 Å². The van der Waals surface area contributed by atoms with E-state index in [-0.39, 0.29) is 5.54 Å². The van der Waals surface area contributed by atoms with Crippen LogP contribution >= 0.6 is 0 Å². The van der Waals surface area contributed by atoms with Gasteiger partial charge in [-0.15, -0.1) is 0 Å². The number of rotatable bonds is 5. The van der Waals surface area contributed by atoms with Crippen LogP contribution in [0.5, 0.6) is 0 Å². The van der Waals surface area contributed by atoms with Gasteiger partial charge in [0.05, 0.1) is 31.1 Å². The third kappa shape index (κ3) is 4.09. The summed E-state index contributed by atoms with van der Waals surface area (Å²) in [4.78, 5) is 5.04. The lowest BCUT2D eigenvalue weighted by molar-refractivity contribution is -0.0244. The molecule has 2 aliphatic heterocycles. The zero-order valence-electron chi connectivity index (χ0n) is 16.3. The molecule has 4 rings (SSSR count). The van der Waals surface area contributed by atoms with Gasteiger partial charge in [0.1, 0.15) is 6.10 Å². The van der Waals surface area contributed by atoms with Gasteiger partial charge in [0.2, 0.25) is 0 Å². The second kappa shape index (κ2) is 7.72. The van der Waals surface area contributed by atoms with Crippen LogP contribution in [0.2, 0.25) is 0 Å². The van der Waals surface area contributed by atoms with Crippen LogP contribution in [0, 0.1) is 0 Å². The maximum Gasteiger partial charge on any atom is 0.123 e. The number of hydrogen-bond donors (Lipinski definition) is 1. The third-order valence-corrected chi connectivity index (χ3v) is 5.77. The van der Waals surface area contributed by atoms with E-state index in [1.54, 1.807) is 0 Å². The summed E-state index contributed by atoms with van der Waals surface area (Å²) in [6, 6.07) is 11.8. The third-order valence-electron chi connectivity index (χ3n) is 5.77. The van der Waals surface area contributed by atoms with Gasteiger partial charge in [0, 0.05) is 38.3 Å². The SMILES string of the molecule is CC(C)(CN1CCn2nc([C@@H](O)c3ccccc3)cc2C1)N1CCOCC1. The summed E-state index contributed by atoms with van der Waals surface area (Å²) >= 11 is 0. The number of aliphatic hydroxyl groups is 1. The van der Waals surface area contributed by atoms with Crippen molar-refractivity contribution in [2.75, 3.05) is 39.4 Å². The highest BCUT2D eigenvalue weighted by molar-refractivity contribution is 5.27. The van der Waals surface area contributed by atoms with Crippen LogP contribution in [0.3, 0.4) is 0 Å². The van der Waals surface area contributed by atoms with E-state index in [1.807, 2.05) is 30.3 Å². The molecule has 0 saturated carbocycles. The predicted molar refractivity (Wildman–Crippen MR) is 104 cm³/mol. The van der Waals surface area contributed by atoms with Crippen molar-refractivity contribution in [3.63, 3.8) is 0 Å². The summed E-state index contributed by atoms with van der Waals surface area (Å²) in [7, 11) is 0. The molecule has 0 radical (unpaired) electrons. The number of benzene rings is 1. The molecule has 0 aliphatic carbocycles. The molecule has 1 N–H and O–H groups in total. The molecular formula is C21H30N4O2. The second-order valence-electron chi connectivity index (χ2n) is 8.22. The molecule has 6 heteroatoms. The molecule has 1 aromatic heterocycles. The molecule has 1 aromatic carbocycles. The van der Waals surface area contributed by atoms with Crippen LogP contribution in [0.15, 0.2) is 36.4 Å². The van der Waals surface area contributed by atoms with Gasteiger partial charge in [-0.2, -0.15) is 5.10 Å². The van der Waals surface area contributed by atoms with Crippen molar-refractivity contribution < 1.29 is 9.84 Å². The van der Waals surface area contributed by atoms with Crippen LogP contribution in [0.25, 0.3) is 0 Å². The first-order chi connectivity index (χ1) is 13.0. The Morgan fingerprint density at radius 3 is 2.59 bits per heavy atom. The van der Waals surface area contributed by atoms with Crippen molar-refractivity contribution in [2.45, 2.75) is 38.6 Å². The van der Waals surface area contributed by atoms with E-state index in [0.717, 1.165) is 63.7 Å². The molecule has 27 heavy (non-hydrogen) atoms. The van der Waals surface area contributed by atoms with Crippen LogP contribution in [-0.2, 0) is 17.8 Å². The minimum atomic E-state index is -0.664. The summed E-state index contributed by atoms with van der Waals surface area (Å²) in [5.74, 6) is 0. The first-order valence-electron chi connectivity index (χ1n) is 9.88. The lowest BCUT2D eigenvalue weighted by atomic mass is 10.0. The summed E-state index contributed by atoms with van der Waals surface area (Å²) in [6.45, 7) is 12.1. The first kappa shape index (κ1) is 18.6. The van der Waals surface area contributed by atoms with Gasteiger partial charge in [-0.1, -0.05) is 30.3 Å². The largest absolute Gasteiger partial charge is 0.382 e. The zero-order chi connectivity index (χ0) is 18.9. The molecule has 1 saturated heterocycles. The lowest BCUT2D eigenvalue weighted by Crippen LogP contribution is -2.56. The molecule has 0 amide bonds. The van der Waals surface area contributed by atoms with Crippen molar-refractivity contribution in [3.8, 4) is 0 Å². The van der Waals surface area contributed by atoms with Gasteiger partial charge in [-0.25, -0.2) is 0 Å². The minimum absolute atomic E-state index is 0.123. The molecule has 3 heterocycles. The topological polar surface area (TPSA) is 53.8 Å². The molecule has 0 unspecified atom stereocenters. The molecule has 6 nitrogen and oxygen atoms in total. The number of ether oxygens (including phenoxy) is 1. The highest BCUT2D eigenvalue weighted by atomic mass is 16.5. The highest BCUT2D eigenvalue weighted by Gasteiger charge is 2.32. The summed E-state index contributed by atoms with van der Waals surface area (Å²) in [5.41, 5.74) is 2.94. The molecule has 0 spiro atoms. The molecular weight excluding hydrogens is 340 g/mol. The van der Waals surface area contributed by atoms with Crippen molar-refractivity contribution in [3.05, 3.63) is 53.3 Å². The van der Waals surface area contributed by atoms with Gasteiger partial charge < -0.3 is 9.84 Å². The highest BCUT2D eigenvalue weighted by Crippen LogP contribution is 2.25. The van der Waals surface area contributed by atoms with Gasteiger partial charge in [0.25, 0.3) is 0 Å². The molecule has 1 atom stereocenters. The molecule has 146 valence electrons. The summed E-state index contributed by atoms with van der Waals surface area (Å²) < 4.78 is 7.56. The number of fused-ring (bicyclic) bond motifs is 1. The van der Waals surface area contributed by atoms with Crippen LogP contribution in [0.1, 0.15) is 36.9 Å². The summed E-state index contributed by atoms with van der Waals surface area (Å²) in [5, 5.41) is 15.3. The van der Waals surface area contributed by atoms with E-state index in [2.05, 4.69) is 39.5 Å². The fourth-order valence-corrected chi connectivity index (χ4v) is 4.23. The Morgan fingerprint density at radius 1 is 1.11 bits per heavy atom. The number of aromatic nitrogens is 2. The molecule has 2 aliphatic rings. The quantitative estimate of drug-likeness (QED) is 0.871. The molecule has 0 bridgehead atoms. The van der Waals surface area contributed by atoms with Gasteiger partial charge in [-0.05, 0) is 25.5 Å². The van der Waals surface area contributed by atoms with Gasteiger partial charge in [0.15, 0.2) is 0 Å². The minimum Gasteiger partial charge on any atom is -0.382 e. The fraction of sp³-hybridized carbons (Fsp3) is 0.571. The summed E-state index contributed by atoms with van der Waals surface area (Å²) in [6.07, 6.45) is -0.664. The Labute approximate surface area is 161 Å². The zero-order valence-corrected chi connectivity index (χ0v) is 16.3. The van der Waals surface area contributed by atoms with Crippen molar-refractivity contribution in [2.24, 2.45) is 0 Å². The average Bonchev–Trinajstić information content (AvgIpc) is 3.12. The van der Waals surface area contributed by atoms with Crippen LogP contribution in [0.4, 0.5) is 0 Å².